The molecule has 1 unspecified atom stereocenters. The minimum Gasteiger partial charge on any atom is -0.466 e. The normalized spacial score (nSPS) is 12.6. The van der Waals surface area contributed by atoms with Crippen molar-refractivity contribution < 1.29 is 14.6 Å². The molecule has 0 heterocycles. The second-order valence-electron chi connectivity index (χ2n) is 2.31. The molecular formula is C7H15NO3. The minimum atomic E-state index is -0.764. The molecule has 0 aromatic heterocycles. The molecule has 0 saturated carbocycles. The van der Waals surface area contributed by atoms with Gasteiger partial charge in [0.05, 0.1) is 19.1 Å². The summed E-state index contributed by atoms with van der Waals surface area (Å²) in [4.78, 5) is 10.7. The monoisotopic (exact) mass is 161 g/mol. The Hall–Kier alpha value is -0.610. The average Bonchev–Trinajstić information content (AvgIpc) is 2.00. The standard InChI is InChI=1S/C7H15NO3/c1-2-3-11-7(10)4-6(9)5-8/h6,9H,2-5,8H2,1H3. The highest BCUT2D eigenvalue weighted by molar-refractivity contribution is 5.69. The van der Waals surface area contributed by atoms with Gasteiger partial charge in [0.1, 0.15) is 0 Å². The van der Waals surface area contributed by atoms with E-state index in [2.05, 4.69) is 0 Å². The molecule has 0 aromatic carbocycles. The highest BCUT2D eigenvalue weighted by Gasteiger charge is 2.08. The Bertz CT molecular complexity index is 116. The lowest BCUT2D eigenvalue weighted by Gasteiger charge is -2.06. The summed E-state index contributed by atoms with van der Waals surface area (Å²) in [7, 11) is 0. The molecule has 1 atom stereocenters. The summed E-state index contributed by atoms with van der Waals surface area (Å²) in [6, 6.07) is 0. The topological polar surface area (TPSA) is 72.5 Å². The molecule has 0 bridgehead atoms. The first-order valence-corrected chi connectivity index (χ1v) is 3.74. The van der Waals surface area contributed by atoms with E-state index in [0.717, 1.165) is 6.42 Å². The zero-order valence-corrected chi connectivity index (χ0v) is 6.75. The van der Waals surface area contributed by atoms with Crippen molar-refractivity contribution in [3.63, 3.8) is 0 Å². The zero-order chi connectivity index (χ0) is 8.69. The van der Waals surface area contributed by atoms with Gasteiger partial charge in [0.15, 0.2) is 0 Å². The van der Waals surface area contributed by atoms with Gasteiger partial charge >= 0.3 is 5.97 Å². The molecule has 0 fully saturated rings. The highest BCUT2D eigenvalue weighted by atomic mass is 16.5. The van der Waals surface area contributed by atoms with Crippen LogP contribution in [-0.2, 0) is 9.53 Å². The molecular weight excluding hydrogens is 146 g/mol. The summed E-state index contributed by atoms with van der Waals surface area (Å²) in [5.74, 6) is -0.384. The van der Waals surface area contributed by atoms with Crippen LogP contribution in [0.4, 0.5) is 0 Å². The van der Waals surface area contributed by atoms with Crippen molar-refractivity contribution in [2.24, 2.45) is 5.73 Å². The van der Waals surface area contributed by atoms with Crippen LogP contribution in [0.15, 0.2) is 0 Å². The predicted octanol–water partition coefficient (Wildman–Crippen LogP) is -0.351. The van der Waals surface area contributed by atoms with Gasteiger partial charge in [0, 0.05) is 6.54 Å². The lowest BCUT2D eigenvalue weighted by Crippen LogP contribution is -2.24. The van der Waals surface area contributed by atoms with Gasteiger partial charge in [0.25, 0.3) is 0 Å². The zero-order valence-electron chi connectivity index (χ0n) is 6.75. The van der Waals surface area contributed by atoms with Gasteiger partial charge in [-0.2, -0.15) is 0 Å². The van der Waals surface area contributed by atoms with Crippen molar-refractivity contribution in [1.29, 1.82) is 0 Å². The Morgan fingerprint density at radius 2 is 2.36 bits per heavy atom. The summed E-state index contributed by atoms with van der Waals surface area (Å²) in [5.41, 5.74) is 5.09. The lowest BCUT2D eigenvalue weighted by atomic mass is 10.2. The molecule has 0 aliphatic carbocycles. The number of hydrogen-bond donors (Lipinski definition) is 2. The molecule has 0 amide bonds. The van der Waals surface area contributed by atoms with Crippen molar-refractivity contribution in [2.45, 2.75) is 25.9 Å². The molecule has 0 aromatic rings. The fourth-order valence-corrected chi connectivity index (χ4v) is 0.551. The van der Waals surface area contributed by atoms with Crippen LogP contribution in [0, 0.1) is 0 Å². The van der Waals surface area contributed by atoms with Crippen LogP contribution < -0.4 is 5.73 Å². The maximum Gasteiger partial charge on any atom is 0.308 e. The van der Waals surface area contributed by atoms with Gasteiger partial charge in [-0.15, -0.1) is 0 Å². The van der Waals surface area contributed by atoms with E-state index >= 15 is 0 Å². The quantitative estimate of drug-likeness (QED) is 0.540. The number of carbonyl (C=O) groups is 1. The maximum absolute atomic E-state index is 10.7. The molecule has 0 radical (unpaired) electrons. The third-order valence-electron chi connectivity index (χ3n) is 1.14. The number of carbonyl (C=O) groups excluding carboxylic acids is 1. The van der Waals surface area contributed by atoms with Gasteiger partial charge in [-0.25, -0.2) is 0 Å². The Morgan fingerprint density at radius 1 is 1.73 bits per heavy atom. The largest absolute Gasteiger partial charge is 0.466 e. The van der Waals surface area contributed by atoms with E-state index in [-0.39, 0.29) is 18.9 Å². The van der Waals surface area contributed by atoms with Crippen LogP contribution >= 0.6 is 0 Å². The first kappa shape index (κ1) is 10.4. The van der Waals surface area contributed by atoms with E-state index in [4.69, 9.17) is 15.6 Å². The molecule has 11 heavy (non-hydrogen) atoms. The van der Waals surface area contributed by atoms with Crippen LogP contribution in [0.1, 0.15) is 19.8 Å². The van der Waals surface area contributed by atoms with Crippen LogP contribution in [0.2, 0.25) is 0 Å². The number of esters is 1. The second kappa shape index (κ2) is 6.12. The Morgan fingerprint density at radius 3 is 2.82 bits per heavy atom. The molecule has 66 valence electrons. The molecule has 0 aliphatic heterocycles. The van der Waals surface area contributed by atoms with E-state index in [0.29, 0.717) is 6.61 Å². The van der Waals surface area contributed by atoms with Crippen molar-refractivity contribution in [3.05, 3.63) is 0 Å². The first-order chi connectivity index (χ1) is 5.20. The summed E-state index contributed by atoms with van der Waals surface area (Å²) in [6.45, 7) is 2.42. The average molecular weight is 161 g/mol. The van der Waals surface area contributed by atoms with Crippen LogP contribution in [0.25, 0.3) is 0 Å². The maximum atomic E-state index is 10.7. The summed E-state index contributed by atoms with van der Waals surface area (Å²) in [6.07, 6.45) is 0.0281. The van der Waals surface area contributed by atoms with E-state index < -0.39 is 6.10 Å². The van der Waals surface area contributed by atoms with E-state index in [1.54, 1.807) is 0 Å². The minimum absolute atomic E-state index is 0.00347. The number of ether oxygens (including phenoxy) is 1. The lowest BCUT2D eigenvalue weighted by molar-refractivity contribution is -0.145. The molecule has 0 rings (SSSR count). The van der Waals surface area contributed by atoms with E-state index in [9.17, 15) is 4.79 Å². The van der Waals surface area contributed by atoms with Crippen molar-refractivity contribution in [2.75, 3.05) is 13.2 Å². The van der Waals surface area contributed by atoms with Crippen LogP contribution in [0.3, 0.4) is 0 Å². The molecule has 0 saturated heterocycles. The number of nitrogens with two attached hydrogens (primary N) is 1. The van der Waals surface area contributed by atoms with Gasteiger partial charge in [-0.1, -0.05) is 6.92 Å². The molecule has 0 spiro atoms. The Balaban J connectivity index is 3.36. The Labute approximate surface area is 66.3 Å². The number of rotatable bonds is 5. The van der Waals surface area contributed by atoms with Crippen molar-refractivity contribution in [1.82, 2.24) is 0 Å². The molecule has 4 nitrogen and oxygen atoms in total. The Kier molecular flexibility index (Phi) is 5.78. The highest BCUT2D eigenvalue weighted by Crippen LogP contribution is 1.93. The van der Waals surface area contributed by atoms with Gasteiger partial charge in [-0.05, 0) is 6.42 Å². The van der Waals surface area contributed by atoms with Crippen molar-refractivity contribution >= 4 is 5.97 Å². The van der Waals surface area contributed by atoms with E-state index in [1.165, 1.54) is 0 Å². The third kappa shape index (κ3) is 5.82. The fraction of sp³-hybridized carbons (Fsp3) is 0.857. The summed E-state index contributed by atoms with van der Waals surface area (Å²) in [5, 5.41) is 8.90. The van der Waals surface area contributed by atoms with Crippen LogP contribution in [-0.4, -0.2) is 30.3 Å². The fourth-order valence-electron chi connectivity index (χ4n) is 0.551. The molecule has 0 aliphatic rings. The number of aliphatic hydroxyl groups is 1. The number of aliphatic hydroxyl groups excluding tert-OH is 1. The SMILES string of the molecule is CCCOC(=O)CC(O)CN. The van der Waals surface area contributed by atoms with Gasteiger partial charge < -0.3 is 15.6 Å². The first-order valence-electron chi connectivity index (χ1n) is 3.74. The van der Waals surface area contributed by atoms with Crippen LogP contribution in [0.5, 0.6) is 0 Å². The molecule has 3 N–H and O–H groups in total. The summed E-state index contributed by atoms with van der Waals surface area (Å²) >= 11 is 0. The third-order valence-corrected chi connectivity index (χ3v) is 1.14. The molecule has 4 heteroatoms. The van der Waals surface area contributed by atoms with Crippen molar-refractivity contribution in [3.8, 4) is 0 Å². The van der Waals surface area contributed by atoms with E-state index in [1.807, 2.05) is 6.92 Å². The van der Waals surface area contributed by atoms with Gasteiger partial charge in [-0.3, -0.25) is 4.79 Å². The predicted molar refractivity (Wildman–Crippen MR) is 40.9 cm³/mol. The number of hydrogen-bond acceptors (Lipinski definition) is 4. The second-order valence-corrected chi connectivity index (χ2v) is 2.31. The summed E-state index contributed by atoms with van der Waals surface area (Å²) < 4.78 is 4.71. The van der Waals surface area contributed by atoms with Gasteiger partial charge in [0.2, 0.25) is 0 Å². The smallest absolute Gasteiger partial charge is 0.308 e.